The van der Waals surface area contributed by atoms with Crippen molar-refractivity contribution in [3.8, 4) is 11.6 Å². The van der Waals surface area contributed by atoms with Gasteiger partial charge in [-0.15, -0.1) is 0 Å². The van der Waals surface area contributed by atoms with Gasteiger partial charge in [0.05, 0.1) is 0 Å². The molecule has 0 amide bonds. The van der Waals surface area contributed by atoms with Crippen LogP contribution < -0.4 is 10.5 Å². The van der Waals surface area contributed by atoms with Crippen molar-refractivity contribution in [2.24, 2.45) is 5.73 Å². The molecule has 1 aromatic heterocycles. The van der Waals surface area contributed by atoms with Crippen LogP contribution in [0.15, 0.2) is 36.5 Å². The molecule has 1 atom stereocenters. The predicted molar refractivity (Wildman–Crippen MR) is 82.2 cm³/mol. The number of ether oxygens (including phenoxy) is 1. The van der Waals surface area contributed by atoms with Crippen molar-refractivity contribution in [2.75, 3.05) is 0 Å². The molecule has 0 spiro atoms. The number of nitrogens with zero attached hydrogens (tertiary/aromatic N) is 1. The third-order valence-electron chi connectivity index (χ3n) is 3.41. The summed E-state index contributed by atoms with van der Waals surface area (Å²) in [6, 6.07) is 10.3. The Morgan fingerprint density at radius 3 is 2.80 bits per heavy atom. The zero-order chi connectivity index (χ0) is 14.5. The SMILES string of the molecule is CCC(N)Cc1cccnc1Oc1cc(C)ccc1C. The Kier molecular flexibility index (Phi) is 4.74. The van der Waals surface area contributed by atoms with E-state index in [1.165, 1.54) is 5.56 Å². The molecule has 0 fully saturated rings. The van der Waals surface area contributed by atoms with Crippen LogP contribution in [0, 0.1) is 13.8 Å². The number of benzene rings is 1. The topological polar surface area (TPSA) is 48.1 Å². The van der Waals surface area contributed by atoms with E-state index in [9.17, 15) is 0 Å². The summed E-state index contributed by atoms with van der Waals surface area (Å²) in [5, 5.41) is 0. The van der Waals surface area contributed by atoms with Crippen LogP contribution in [0.4, 0.5) is 0 Å². The number of aromatic nitrogens is 1. The van der Waals surface area contributed by atoms with Gasteiger partial charge in [0.15, 0.2) is 0 Å². The molecule has 2 N–H and O–H groups in total. The fourth-order valence-corrected chi connectivity index (χ4v) is 2.02. The lowest BCUT2D eigenvalue weighted by Gasteiger charge is -2.14. The maximum atomic E-state index is 6.04. The van der Waals surface area contributed by atoms with Crippen LogP contribution in [-0.4, -0.2) is 11.0 Å². The fourth-order valence-electron chi connectivity index (χ4n) is 2.02. The smallest absolute Gasteiger partial charge is 0.222 e. The van der Waals surface area contributed by atoms with E-state index >= 15 is 0 Å². The molecule has 0 radical (unpaired) electrons. The highest BCUT2D eigenvalue weighted by Gasteiger charge is 2.10. The van der Waals surface area contributed by atoms with Gasteiger partial charge in [-0.3, -0.25) is 0 Å². The molecule has 0 aliphatic rings. The van der Waals surface area contributed by atoms with Crippen LogP contribution in [0.25, 0.3) is 0 Å². The van der Waals surface area contributed by atoms with Gasteiger partial charge in [-0.2, -0.15) is 0 Å². The van der Waals surface area contributed by atoms with Crippen LogP contribution in [0.5, 0.6) is 11.6 Å². The Morgan fingerprint density at radius 2 is 2.05 bits per heavy atom. The Hall–Kier alpha value is -1.87. The Bertz CT molecular complexity index is 581. The second-order valence-electron chi connectivity index (χ2n) is 5.21. The monoisotopic (exact) mass is 270 g/mol. The molecule has 3 heteroatoms. The van der Waals surface area contributed by atoms with Gasteiger partial charge in [-0.05, 0) is 49.9 Å². The molecule has 1 heterocycles. The van der Waals surface area contributed by atoms with E-state index in [0.717, 1.165) is 29.7 Å². The van der Waals surface area contributed by atoms with Crippen molar-refractivity contribution in [1.29, 1.82) is 0 Å². The Balaban J connectivity index is 2.27. The maximum Gasteiger partial charge on any atom is 0.222 e. The van der Waals surface area contributed by atoms with Crippen LogP contribution in [-0.2, 0) is 6.42 Å². The highest BCUT2D eigenvalue weighted by Crippen LogP contribution is 2.27. The lowest BCUT2D eigenvalue weighted by Crippen LogP contribution is -2.21. The minimum absolute atomic E-state index is 0.139. The first kappa shape index (κ1) is 14.5. The summed E-state index contributed by atoms with van der Waals surface area (Å²) in [6.07, 6.45) is 3.48. The first-order valence-corrected chi connectivity index (χ1v) is 7.04. The molecular formula is C17H22N2O. The molecule has 0 aliphatic heterocycles. The number of hydrogen-bond donors (Lipinski definition) is 1. The van der Waals surface area contributed by atoms with Crippen molar-refractivity contribution in [1.82, 2.24) is 4.98 Å². The number of hydrogen-bond acceptors (Lipinski definition) is 3. The Labute approximate surface area is 120 Å². The first-order valence-electron chi connectivity index (χ1n) is 7.04. The number of nitrogens with two attached hydrogens (primary N) is 1. The van der Waals surface area contributed by atoms with Crippen LogP contribution in [0.2, 0.25) is 0 Å². The average molecular weight is 270 g/mol. The van der Waals surface area contributed by atoms with Crippen LogP contribution in [0.1, 0.15) is 30.0 Å². The lowest BCUT2D eigenvalue weighted by molar-refractivity contribution is 0.449. The molecule has 0 saturated heterocycles. The fraction of sp³-hybridized carbons (Fsp3) is 0.353. The standard InChI is InChI=1S/C17H22N2O/c1-4-15(18)11-14-6-5-9-19-17(14)20-16-10-12(2)7-8-13(16)3/h5-10,15H,4,11,18H2,1-3H3. The molecule has 2 aromatic rings. The molecule has 0 aliphatic carbocycles. The molecule has 1 unspecified atom stereocenters. The average Bonchev–Trinajstić information content (AvgIpc) is 2.44. The quantitative estimate of drug-likeness (QED) is 0.899. The Morgan fingerprint density at radius 1 is 1.25 bits per heavy atom. The summed E-state index contributed by atoms with van der Waals surface area (Å²) >= 11 is 0. The molecular weight excluding hydrogens is 248 g/mol. The van der Waals surface area contributed by atoms with Gasteiger partial charge >= 0.3 is 0 Å². The molecule has 20 heavy (non-hydrogen) atoms. The summed E-state index contributed by atoms with van der Waals surface area (Å²) in [4.78, 5) is 4.35. The molecule has 0 saturated carbocycles. The zero-order valence-electron chi connectivity index (χ0n) is 12.4. The highest BCUT2D eigenvalue weighted by atomic mass is 16.5. The summed E-state index contributed by atoms with van der Waals surface area (Å²) in [5.41, 5.74) is 9.37. The van der Waals surface area contributed by atoms with Crippen molar-refractivity contribution in [3.05, 3.63) is 53.2 Å². The molecule has 106 valence electrons. The second kappa shape index (κ2) is 6.53. The summed E-state index contributed by atoms with van der Waals surface area (Å²) in [5.74, 6) is 1.51. The molecule has 3 nitrogen and oxygen atoms in total. The summed E-state index contributed by atoms with van der Waals surface area (Å²) < 4.78 is 6.00. The van der Waals surface area contributed by atoms with Crippen molar-refractivity contribution in [3.63, 3.8) is 0 Å². The minimum Gasteiger partial charge on any atom is -0.438 e. The molecule has 1 aromatic carbocycles. The second-order valence-corrected chi connectivity index (χ2v) is 5.21. The molecule has 2 rings (SSSR count). The summed E-state index contributed by atoms with van der Waals surface area (Å²) in [7, 11) is 0. The van der Waals surface area contributed by atoms with Gasteiger partial charge in [0.25, 0.3) is 0 Å². The predicted octanol–water partition coefficient (Wildman–Crippen LogP) is 3.77. The largest absolute Gasteiger partial charge is 0.438 e. The van der Waals surface area contributed by atoms with Crippen LogP contribution in [0.3, 0.4) is 0 Å². The number of rotatable bonds is 5. The van der Waals surface area contributed by atoms with Crippen LogP contribution >= 0.6 is 0 Å². The summed E-state index contributed by atoms with van der Waals surface area (Å²) in [6.45, 7) is 6.18. The van der Waals surface area contributed by atoms with Crippen molar-refractivity contribution >= 4 is 0 Å². The van der Waals surface area contributed by atoms with Gasteiger partial charge in [0.1, 0.15) is 5.75 Å². The van der Waals surface area contributed by atoms with E-state index in [1.54, 1.807) is 6.20 Å². The third-order valence-corrected chi connectivity index (χ3v) is 3.41. The van der Waals surface area contributed by atoms with Gasteiger partial charge in [0.2, 0.25) is 5.88 Å². The van der Waals surface area contributed by atoms with E-state index in [4.69, 9.17) is 10.5 Å². The normalized spacial score (nSPS) is 12.2. The van der Waals surface area contributed by atoms with E-state index in [1.807, 2.05) is 25.1 Å². The van der Waals surface area contributed by atoms with E-state index in [-0.39, 0.29) is 6.04 Å². The highest BCUT2D eigenvalue weighted by molar-refractivity contribution is 5.40. The van der Waals surface area contributed by atoms with Crippen molar-refractivity contribution in [2.45, 2.75) is 39.7 Å². The molecule has 0 bridgehead atoms. The van der Waals surface area contributed by atoms with Gasteiger partial charge in [0, 0.05) is 17.8 Å². The first-order chi connectivity index (χ1) is 9.60. The zero-order valence-corrected chi connectivity index (χ0v) is 12.4. The lowest BCUT2D eigenvalue weighted by atomic mass is 10.1. The van der Waals surface area contributed by atoms with E-state index < -0.39 is 0 Å². The number of pyridine rings is 1. The number of aryl methyl sites for hydroxylation is 2. The van der Waals surface area contributed by atoms with Gasteiger partial charge < -0.3 is 10.5 Å². The minimum atomic E-state index is 0.139. The van der Waals surface area contributed by atoms with E-state index in [0.29, 0.717) is 5.88 Å². The van der Waals surface area contributed by atoms with Gasteiger partial charge in [-0.1, -0.05) is 25.1 Å². The third kappa shape index (κ3) is 3.58. The van der Waals surface area contributed by atoms with Gasteiger partial charge in [-0.25, -0.2) is 4.98 Å². The van der Waals surface area contributed by atoms with Crippen molar-refractivity contribution < 1.29 is 4.74 Å². The maximum absolute atomic E-state index is 6.04. The van der Waals surface area contributed by atoms with E-state index in [2.05, 4.69) is 31.0 Å².